The van der Waals surface area contributed by atoms with Gasteiger partial charge in [0.1, 0.15) is 11.6 Å². The SMILES string of the molecule is COc1ccnc(CN2C[C@H]3C[C@@H](C2)[C@H](Cc2cccc(F)c2)N2C(=O)CCC[C@@H]32)c1.O=CO. The molecule has 3 fully saturated rings. The molecule has 0 radical (unpaired) electrons. The van der Waals surface area contributed by atoms with Crippen molar-refractivity contribution in [1.29, 1.82) is 0 Å². The number of carbonyl (C=O) groups excluding carboxylic acids is 1. The predicted octanol–water partition coefficient (Wildman–Crippen LogP) is 3.37. The number of rotatable bonds is 5. The molecule has 1 amide bonds. The van der Waals surface area contributed by atoms with Crippen LogP contribution in [-0.4, -0.2) is 64.6 Å². The number of methoxy groups -OCH3 is 1. The number of hydrogen-bond donors (Lipinski definition) is 1. The number of carboxylic acid groups (broad SMARTS) is 1. The Morgan fingerprint density at radius 2 is 2.03 bits per heavy atom. The second-order valence-corrected chi connectivity index (χ2v) is 9.40. The van der Waals surface area contributed by atoms with E-state index < -0.39 is 0 Å². The van der Waals surface area contributed by atoms with Gasteiger partial charge in [-0.2, -0.15) is 0 Å². The number of likely N-dealkylation sites (tertiary alicyclic amines) is 1. The number of amides is 1. The molecule has 3 aliphatic rings. The first-order valence-corrected chi connectivity index (χ1v) is 11.9. The van der Waals surface area contributed by atoms with Crippen LogP contribution in [0.25, 0.3) is 0 Å². The average Bonchev–Trinajstić information content (AvgIpc) is 2.82. The summed E-state index contributed by atoms with van der Waals surface area (Å²) in [5.74, 6) is 1.80. The molecule has 7 nitrogen and oxygen atoms in total. The average molecular weight is 470 g/mol. The highest BCUT2D eigenvalue weighted by molar-refractivity contribution is 5.78. The zero-order chi connectivity index (χ0) is 24.1. The Bertz CT molecular complexity index is 1000. The summed E-state index contributed by atoms with van der Waals surface area (Å²) in [6.07, 6.45) is 6.37. The zero-order valence-electron chi connectivity index (χ0n) is 19.5. The lowest BCUT2D eigenvalue weighted by molar-refractivity contribution is -0.152. The van der Waals surface area contributed by atoms with Gasteiger partial charge in [-0.15, -0.1) is 0 Å². The van der Waals surface area contributed by atoms with E-state index in [1.807, 2.05) is 18.2 Å². The van der Waals surface area contributed by atoms with Crippen LogP contribution in [0.3, 0.4) is 0 Å². The fourth-order valence-corrected chi connectivity index (χ4v) is 6.07. The van der Waals surface area contributed by atoms with Gasteiger partial charge in [-0.3, -0.25) is 19.5 Å². The number of benzene rings is 1. The summed E-state index contributed by atoms with van der Waals surface area (Å²) >= 11 is 0. The number of carbonyl (C=O) groups is 2. The van der Waals surface area contributed by atoms with Crippen molar-refractivity contribution in [2.75, 3.05) is 20.2 Å². The molecule has 0 saturated carbocycles. The molecule has 0 aliphatic carbocycles. The molecule has 2 aromatic rings. The Balaban J connectivity index is 0.000000868. The van der Waals surface area contributed by atoms with Gasteiger partial charge < -0.3 is 14.7 Å². The van der Waals surface area contributed by atoms with Crippen LogP contribution < -0.4 is 4.74 Å². The van der Waals surface area contributed by atoms with E-state index in [4.69, 9.17) is 14.6 Å². The van der Waals surface area contributed by atoms with Gasteiger partial charge in [-0.1, -0.05) is 12.1 Å². The summed E-state index contributed by atoms with van der Waals surface area (Å²) in [5, 5.41) is 6.89. The normalized spacial score (nSPS) is 26.2. The van der Waals surface area contributed by atoms with Crippen LogP contribution in [0.15, 0.2) is 42.6 Å². The fraction of sp³-hybridized carbons (Fsp3) is 0.500. The summed E-state index contributed by atoms with van der Waals surface area (Å²) in [6.45, 7) is 2.47. The van der Waals surface area contributed by atoms with Gasteiger partial charge in [0.15, 0.2) is 0 Å². The van der Waals surface area contributed by atoms with Crippen LogP contribution >= 0.6 is 0 Å². The summed E-state index contributed by atoms with van der Waals surface area (Å²) in [4.78, 5) is 30.6. The quantitative estimate of drug-likeness (QED) is 0.676. The van der Waals surface area contributed by atoms with Crippen molar-refractivity contribution >= 4 is 12.4 Å². The fourth-order valence-electron chi connectivity index (χ4n) is 6.07. The van der Waals surface area contributed by atoms with Gasteiger partial charge in [0.2, 0.25) is 5.91 Å². The number of hydrogen-bond acceptors (Lipinski definition) is 5. The molecule has 1 aromatic carbocycles. The molecule has 4 atom stereocenters. The third kappa shape index (κ3) is 5.38. The highest BCUT2D eigenvalue weighted by Gasteiger charge is 2.49. The van der Waals surface area contributed by atoms with Gasteiger partial charge >= 0.3 is 0 Å². The van der Waals surface area contributed by atoms with E-state index in [0.29, 0.717) is 24.3 Å². The predicted molar refractivity (Wildman–Crippen MR) is 125 cm³/mol. The van der Waals surface area contributed by atoms with E-state index >= 15 is 0 Å². The molecule has 2 bridgehead atoms. The highest BCUT2D eigenvalue weighted by Crippen LogP contribution is 2.42. The maximum Gasteiger partial charge on any atom is 0.290 e. The van der Waals surface area contributed by atoms with E-state index in [9.17, 15) is 9.18 Å². The first kappa shape index (κ1) is 24.1. The van der Waals surface area contributed by atoms with Crippen molar-refractivity contribution in [1.82, 2.24) is 14.8 Å². The van der Waals surface area contributed by atoms with E-state index in [2.05, 4.69) is 14.8 Å². The Hall–Kier alpha value is -3.00. The Morgan fingerprint density at radius 3 is 2.79 bits per heavy atom. The maximum atomic E-state index is 13.8. The second-order valence-electron chi connectivity index (χ2n) is 9.40. The largest absolute Gasteiger partial charge is 0.497 e. The molecule has 3 saturated heterocycles. The minimum Gasteiger partial charge on any atom is -0.497 e. The van der Waals surface area contributed by atoms with Crippen LogP contribution in [0.4, 0.5) is 4.39 Å². The van der Waals surface area contributed by atoms with Crippen molar-refractivity contribution in [3.05, 3.63) is 59.7 Å². The van der Waals surface area contributed by atoms with E-state index in [0.717, 1.165) is 62.3 Å². The third-order valence-corrected chi connectivity index (χ3v) is 7.32. The lowest BCUT2D eigenvalue weighted by Gasteiger charge is -2.56. The summed E-state index contributed by atoms with van der Waals surface area (Å²) in [6, 6.07) is 11.2. The van der Waals surface area contributed by atoms with Gasteiger partial charge in [-0.25, -0.2) is 4.39 Å². The van der Waals surface area contributed by atoms with Crippen LogP contribution in [0.5, 0.6) is 5.75 Å². The van der Waals surface area contributed by atoms with Gasteiger partial charge in [0, 0.05) is 50.4 Å². The number of nitrogens with zero attached hydrogens (tertiary/aromatic N) is 3. The first-order valence-electron chi connectivity index (χ1n) is 11.9. The summed E-state index contributed by atoms with van der Waals surface area (Å²) in [5.41, 5.74) is 1.99. The lowest BCUT2D eigenvalue weighted by Crippen LogP contribution is -2.65. The Kier molecular flexibility index (Phi) is 7.77. The molecule has 8 heteroatoms. The Morgan fingerprint density at radius 1 is 1.24 bits per heavy atom. The van der Waals surface area contributed by atoms with Crippen molar-refractivity contribution in [3.63, 3.8) is 0 Å². The molecular formula is C26H32FN3O4. The molecular weight excluding hydrogens is 437 g/mol. The lowest BCUT2D eigenvalue weighted by atomic mass is 9.70. The summed E-state index contributed by atoms with van der Waals surface area (Å²) < 4.78 is 19.2. The van der Waals surface area contributed by atoms with Crippen LogP contribution in [0.1, 0.15) is 36.9 Å². The van der Waals surface area contributed by atoms with E-state index in [1.165, 1.54) is 6.07 Å². The molecule has 182 valence electrons. The van der Waals surface area contributed by atoms with Crippen LogP contribution in [0.2, 0.25) is 0 Å². The monoisotopic (exact) mass is 469 g/mol. The topological polar surface area (TPSA) is 83.0 Å². The van der Waals surface area contributed by atoms with Crippen molar-refractivity contribution in [2.45, 2.75) is 50.7 Å². The number of aromatic nitrogens is 1. The standard InChI is InChI=1S/C25H30FN3O2.CH2O2/c1-31-22-8-9-27-21(13-22)16-28-14-18-12-19(15-28)24(11-17-4-2-5-20(26)10-17)29-23(18)6-3-7-25(29)30;2-1-3/h2,4-5,8-10,13,18-19,23-24H,3,6-7,11-12,14-16H2,1H3;1H,(H,2,3)/t18-,19+,23+,24+;/m1./s1. The molecule has 3 aliphatic heterocycles. The molecule has 4 heterocycles. The minimum atomic E-state index is -0.250. The van der Waals surface area contributed by atoms with Crippen molar-refractivity contribution in [3.8, 4) is 5.75 Å². The van der Waals surface area contributed by atoms with Crippen molar-refractivity contribution < 1.29 is 23.8 Å². The molecule has 0 spiro atoms. The number of halogens is 1. The number of fused-ring (bicyclic) bond motifs is 4. The Labute approximate surface area is 199 Å². The molecule has 0 unspecified atom stereocenters. The minimum absolute atomic E-state index is 0.136. The van der Waals surface area contributed by atoms with Crippen LogP contribution in [0, 0.1) is 17.7 Å². The smallest absolute Gasteiger partial charge is 0.290 e. The van der Waals surface area contributed by atoms with Gasteiger partial charge in [0.05, 0.1) is 12.8 Å². The number of ether oxygens (including phenoxy) is 1. The van der Waals surface area contributed by atoms with Gasteiger partial charge in [0.25, 0.3) is 6.47 Å². The zero-order valence-corrected chi connectivity index (χ0v) is 19.5. The molecule has 34 heavy (non-hydrogen) atoms. The number of pyridine rings is 1. The first-order chi connectivity index (χ1) is 16.5. The van der Waals surface area contributed by atoms with Crippen LogP contribution in [-0.2, 0) is 22.6 Å². The van der Waals surface area contributed by atoms with E-state index in [1.54, 1.807) is 25.4 Å². The summed E-state index contributed by atoms with van der Waals surface area (Å²) in [7, 11) is 1.68. The van der Waals surface area contributed by atoms with Gasteiger partial charge in [-0.05, 0) is 61.3 Å². The molecule has 1 N–H and O–H groups in total. The molecule has 5 rings (SSSR count). The van der Waals surface area contributed by atoms with Crippen molar-refractivity contribution in [2.24, 2.45) is 11.8 Å². The second kappa shape index (κ2) is 11.0. The van der Waals surface area contributed by atoms with E-state index in [-0.39, 0.29) is 24.2 Å². The third-order valence-electron chi connectivity index (χ3n) is 7.32. The number of piperidine rings is 3. The maximum absolute atomic E-state index is 13.8. The highest BCUT2D eigenvalue weighted by atomic mass is 19.1. The molecule has 1 aromatic heterocycles.